The Bertz CT molecular complexity index is 729. The highest BCUT2D eigenvalue weighted by Gasteiger charge is 2.10. The van der Waals surface area contributed by atoms with Gasteiger partial charge in [-0.1, -0.05) is 23.7 Å². The highest BCUT2D eigenvalue weighted by molar-refractivity contribution is 6.35. The number of fused-ring (bicyclic) bond motifs is 1. The molecule has 3 aromatic rings. The van der Waals surface area contributed by atoms with E-state index in [-0.39, 0.29) is 0 Å². The quantitative estimate of drug-likeness (QED) is 0.777. The van der Waals surface area contributed by atoms with Crippen LogP contribution >= 0.6 is 11.6 Å². The maximum Gasteiger partial charge on any atom is 0.0866 e. The van der Waals surface area contributed by atoms with Gasteiger partial charge in [-0.25, -0.2) is 0 Å². The number of halogens is 1. The minimum Gasteiger partial charge on any atom is -0.342 e. The molecule has 0 atom stereocenters. The molecule has 0 saturated heterocycles. The summed E-state index contributed by atoms with van der Waals surface area (Å²) in [6.07, 6.45) is 1.81. The zero-order chi connectivity index (χ0) is 13.4. The first kappa shape index (κ1) is 12.2. The lowest BCUT2D eigenvalue weighted by Gasteiger charge is -2.04. The molecular formula is C15H14ClN3. The monoisotopic (exact) mass is 271 g/mol. The van der Waals surface area contributed by atoms with Gasteiger partial charge < -0.3 is 10.3 Å². The lowest BCUT2D eigenvalue weighted by molar-refractivity contribution is 0.966. The summed E-state index contributed by atoms with van der Waals surface area (Å²) in [5, 5.41) is 1.81. The fourth-order valence-corrected chi connectivity index (χ4v) is 2.49. The van der Waals surface area contributed by atoms with E-state index in [1.807, 2.05) is 37.5 Å². The maximum absolute atomic E-state index is 6.23. The summed E-state index contributed by atoms with van der Waals surface area (Å²) in [5.74, 6) is 0. The van der Waals surface area contributed by atoms with Crippen molar-refractivity contribution in [1.82, 2.24) is 9.55 Å². The second-order valence-electron chi connectivity index (χ2n) is 4.52. The summed E-state index contributed by atoms with van der Waals surface area (Å²) in [4.78, 5) is 4.46. The van der Waals surface area contributed by atoms with Gasteiger partial charge in [-0.3, -0.25) is 4.98 Å². The zero-order valence-corrected chi connectivity index (χ0v) is 11.4. The first-order chi connectivity index (χ1) is 9.20. The molecule has 3 rings (SSSR count). The van der Waals surface area contributed by atoms with Crippen molar-refractivity contribution in [3.05, 3.63) is 53.2 Å². The molecule has 4 heteroatoms. The zero-order valence-electron chi connectivity index (χ0n) is 10.6. The number of hydrogen-bond donors (Lipinski definition) is 1. The van der Waals surface area contributed by atoms with Gasteiger partial charge in [0.1, 0.15) is 0 Å². The summed E-state index contributed by atoms with van der Waals surface area (Å²) < 4.78 is 2.10. The van der Waals surface area contributed by atoms with E-state index in [1.54, 1.807) is 0 Å². The van der Waals surface area contributed by atoms with Crippen LogP contribution in [0.5, 0.6) is 0 Å². The Labute approximate surface area is 116 Å². The smallest absolute Gasteiger partial charge is 0.0866 e. The molecule has 1 aromatic carbocycles. The lowest BCUT2D eigenvalue weighted by Crippen LogP contribution is -1.98. The average Bonchev–Trinajstić information content (AvgIpc) is 2.78. The predicted molar refractivity (Wildman–Crippen MR) is 79.1 cm³/mol. The molecule has 0 saturated carbocycles. The molecule has 0 aliphatic heterocycles. The molecular weight excluding hydrogens is 258 g/mol. The lowest BCUT2D eigenvalue weighted by atomic mass is 10.2. The van der Waals surface area contributed by atoms with Crippen molar-refractivity contribution in [2.45, 2.75) is 6.54 Å². The molecule has 0 aliphatic carbocycles. The number of hydrogen-bond acceptors (Lipinski definition) is 2. The average molecular weight is 272 g/mol. The van der Waals surface area contributed by atoms with Crippen molar-refractivity contribution < 1.29 is 0 Å². The highest BCUT2D eigenvalue weighted by Crippen LogP contribution is 2.30. The Morgan fingerprint density at radius 2 is 2.11 bits per heavy atom. The van der Waals surface area contributed by atoms with Crippen LogP contribution in [0.15, 0.2) is 42.6 Å². The fraction of sp³-hybridized carbons (Fsp3) is 0.133. The number of aryl methyl sites for hydroxylation is 1. The number of pyridine rings is 1. The van der Waals surface area contributed by atoms with Crippen molar-refractivity contribution in [1.29, 1.82) is 0 Å². The van der Waals surface area contributed by atoms with Crippen molar-refractivity contribution >= 4 is 22.5 Å². The molecule has 3 nitrogen and oxygen atoms in total. The standard InChI is InChI=1S/C15H14ClN3/c1-19-14-4-2-3-12(16)11(14)7-15(19)13-6-5-10(8-17)9-18-13/h2-7,9H,8,17H2,1H3. The van der Waals surface area contributed by atoms with Gasteiger partial charge in [0.05, 0.1) is 11.4 Å². The van der Waals surface area contributed by atoms with E-state index in [2.05, 4.69) is 21.7 Å². The van der Waals surface area contributed by atoms with Crippen LogP contribution in [0.3, 0.4) is 0 Å². The van der Waals surface area contributed by atoms with E-state index in [4.69, 9.17) is 17.3 Å². The van der Waals surface area contributed by atoms with Gasteiger partial charge in [0.2, 0.25) is 0 Å². The molecule has 0 fully saturated rings. The predicted octanol–water partition coefficient (Wildman–Crippen LogP) is 3.35. The molecule has 0 aliphatic rings. The van der Waals surface area contributed by atoms with Crippen molar-refractivity contribution in [3.63, 3.8) is 0 Å². The van der Waals surface area contributed by atoms with E-state index < -0.39 is 0 Å². The van der Waals surface area contributed by atoms with Gasteiger partial charge in [-0.2, -0.15) is 0 Å². The van der Waals surface area contributed by atoms with Crippen molar-refractivity contribution in [2.24, 2.45) is 12.8 Å². The van der Waals surface area contributed by atoms with Crippen molar-refractivity contribution in [2.75, 3.05) is 0 Å². The maximum atomic E-state index is 6.23. The third kappa shape index (κ3) is 2.01. The fourth-order valence-electron chi connectivity index (χ4n) is 2.27. The molecule has 2 heterocycles. The van der Waals surface area contributed by atoms with Gasteiger partial charge in [0, 0.05) is 35.7 Å². The SMILES string of the molecule is Cn1c(-c2ccc(CN)cn2)cc2c(Cl)cccc21. The molecule has 2 N–H and O–H groups in total. The van der Waals surface area contributed by atoms with Crippen LogP contribution in [-0.2, 0) is 13.6 Å². The number of aromatic nitrogens is 2. The van der Waals surface area contributed by atoms with Crippen LogP contribution < -0.4 is 5.73 Å². The summed E-state index contributed by atoms with van der Waals surface area (Å²) >= 11 is 6.23. The molecule has 0 bridgehead atoms. The number of nitrogens with zero attached hydrogens (tertiary/aromatic N) is 2. The van der Waals surface area contributed by atoms with Gasteiger partial charge in [-0.15, -0.1) is 0 Å². The Kier molecular flexibility index (Phi) is 3.01. The topological polar surface area (TPSA) is 43.8 Å². The van der Waals surface area contributed by atoms with Gasteiger partial charge >= 0.3 is 0 Å². The third-order valence-corrected chi connectivity index (χ3v) is 3.69. The van der Waals surface area contributed by atoms with E-state index in [0.29, 0.717) is 6.54 Å². The van der Waals surface area contributed by atoms with E-state index in [1.165, 1.54) is 0 Å². The summed E-state index contributed by atoms with van der Waals surface area (Å²) in [7, 11) is 2.02. The molecule has 0 radical (unpaired) electrons. The minimum atomic E-state index is 0.508. The highest BCUT2D eigenvalue weighted by atomic mass is 35.5. The van der Waals surface area contributed by atoms with E-state index in [9.17, 15) is 0 Å². The molecule has 96 valence electrons. The molecule has 0 spiro atoms. The molecule has 0 amide bonds. The summed E-state index contributed by atoms with van der Waals surface area (Å²) in [5.41, 5.74) is 9.69. The second-order valence-corrected chi connectivity index (χ2v) is 4.92. The first-order valence-corrected chi connectivity index (χ1v) is 6.48. The Morgan fingerprint density at radius 3 is 2.74 bits per heavy atom. The Morgan fingerprint density at radius 1 is 1.26 bits per heavy atom. The largest absolute Gasteiger partial charge is 0.342 e. The van der Waals surface area contributed by atoms with Gasteiger partial charge in [0.15, 0.2) is 0 Å². The van der Waals surface area contributed by atoms with Crippen molar-refractivity contribution in [3.8, 4) is 11.4 Å². The van der Waals surface area contributed by atoms with Crippen LogP contribution in [0.25, 0.3) is 22.3 Å². The molecule has 2 aromatic heterocycles. The van der Waals surface area contributed by atoms with Crippen LogP contribution in [0, 0.1) is 0 Å². The first-order valence-electron chi connectivity index (χ1n) is 6.10. The second kappa shape index (κ2) is 4.68. The Balaban J connectivity index is 2.19. The number of benzene rings is 1. The molecule has 19 heavy (non-hydrogen) atoms. The summed E-state index contributed by atoms with van der Waals surface area (Å²) in [6.45, 7) is 0.508. The van der Waals surface area contributed by atoms with E-state index in [0.717, 1.165) is 32.9 Å². The van der Waals surface area contributed by atoms with Crippen LogP contribution in [0.2, 0.25) is 5.02 Å². The normalized spacial score (nSPS) is 11.1. The van der Waals surface area contributed by atoms with Gasteiger partial charge in [0.25, 0.3) is 0 Å². The van der Waals surface area contributed by atoms with E-state index >= 15 is 0 Å². The third-order valence-electron chi connectivity index (χ3n) is 3.36. The minimum absolute atomic E-state index is 0.508. The van der Waals surface area contributed by atoms with Crippen LogP contribution in [-0.4, -0.2) is 9.55 Å². The van der Waals surface area contributed by atoms with Crippen LogP contribution in [0.4, 0.5) is 0 Å². The van der Waals surface area contributed by atoms with Crippen LogP contribution in [0.1, 0.15) is 5.56 Å². The molecule has 0 unspecified atom stereocenters. The Hall–Kier alpha value is -1.84. The summed E-state index contributed by atoms with van der Waals surface area (Å²) in [6, 6.07) is 12.0. The number of nitrogens with two attached hydrogens (primary N) is 1. The van der Waals surface area contributed by atoms with Gasteiger partial charge in [-0.05, 0) is 29.8 Å². The number of rotatable bonds is 2.